The van der Waals surface area contributed by atoms with Crippen molar-refractivity contribution in [3.05, 3.63) is 34.9 Å². The second-order valence-electron chi connectivity index (χ2n) is 5.14. The third-order valence-electron chi connectivity index (χ3n) is 3.78. The highest BCUT2D eigenvalue weighted by Crippen LogP contribution is 2.24. The SMILES string of the molecule is CCC(C)C(CNCCOC)Cc1ccccc1Cl. The minimum Gasteiger partial charge on any atom is -0.383 e. The molecule has 108 valence electrons. The smallest absolute Gasteiger partial charge is 0.0587 e. The molecule has 19 heavy (non-hydrogen) atoms. The van der Waals surface area contributed by atoms with Crippen LogP contribution in [0.2, 0.25) is 5.02 Å². The molecule has 1 rings (SSSR count). The fourth-order valence-electron chi connectivity index (χ4n) is 2.22. The normalized spacial score (nSPS) is 14.3. The van der Waals surface area contributed by atoms with E-state index in [4.69, 9.17) is 16.3 Å². The predicted octanol–water partition coefficient (Wildman–Crippen LogP) is 3.78. The summed E-state index contributed by atoms with van der Waals surface area (Å²) in [5, 5.41) is 4.36. The Hall–Kier alpha value is -0.570. The lowest BCUT2D eigenvalue weighted by Crippen LogP contribution is -2.30. The largest absolute Gasteiger partial charge is 0.383 e. The summed E-state index contributed by atoms with van der Waals surface area (Å²) in [4.78, 5) is 0. The van der Waals surface area contributed by atoms with E-state index < -0.39 is 0 Å². The molecule has 0 spiro atoms. The summed E-state index contributed by atoms with van der Waals surface area (Å²) in [6, 6.07) is 8.16. The number of methoxy groups -OCH3 is 1. The Kier molecular flexibility index (Phi) is 8.11. The van der Waals surface area contributed by atoms with Gasteiger partial charge in [-0.25, -0.2) is 0 Å². The molecule has 0 aromatic heterocycles. The van der Waals surface area contributed by atoms with Crippen LogP contribution in [0.3, 0.4) is 0 Å². The van der Waals surface area contributed by atoms with Crippen LogP contribution in [0, 0.1) is 11.8 Å². The summed E-state index contributed by atoms with van der Waals surface area (Å²) < 4.78 is 5.06. The molecule has 0 aliphatic rings. The molecule has 0 fully saturated rings. The van der Waals surface area contributed by atoms with Crippen molar-refractivity contribution in [1.82, 2.24) is 5.32 Å². The molecular formula is C16H26ClNO. The number of rotatable bonds is 9. The van der Waals surface area contributed by atoms with Crippen LogP contribution in [0.5, 0.6) is 0 Å². The lowest BCUT2D eigenvalue weighted by molar-refractivity contribution is 0.195. The summed E-state index contributed by atoms with van der Waals surface area (Å²) in [7, 11) is 1.73. The van der Waals surface area contributed by atoms with E-state index in [0.717, 1.165) is 31.1 Å². The number of benzene rings is 1. The van der Waals surface area contributed by atoms with E-state index in [1.165, 1.54) is 12.0 Å². The van der Waals surface area contributed by atoms with E-state index in [-0.39, 0.29) is 0 Å². The van der Waals surface area contributed by atoms with Crippen LogP contribution in [0.4, 0.5) is 0 Å². The summed E-state index contributed by atoms with van der Waals surface area (Å²) >= 11 is 6.26. The molecule has 2 nitrogen and oxygen atoms in total. The van der Waals surface area contributed by atoms with Gasteiger partial charge in [-0.3, -0.25) is 0 Å². The number of hydrogen-bond donors (Lipinski definition) is 1. The fourth-order valence-corrected chi connectivity index (χ4v) is 2.43. The minimum absolute atomic E-state index is 0.613. The van der Waals surface area contributed by atoms with Gasteiger partial charge in [-0.1, -0.05) is 50.1 Å². The summed E-state index contributed by atoms with van der Waals surface area (Å²) in [5.41, 5.74) is 1.25. The van der Waals surface area contributed by atoms with Gasteiger partial charge in [-0.15, -0.1) is 0 Å². The van der Waals surface area contributed by atoms with E-state index in [0.29, 0.717) is 11.8 Å². The first-order valence-corrected chi connectivity index (χ1v) is 7.49. The summed E-state index contributed by atoms with van der Waals surface area (Å²) in [5.74, 6) is 1.30. The Balaban J connectivity index is 2.56. The third-order valence-corrected chi connectivity index (χ3v) is 4.15. The van der Waals surface area contributed by atoms with Crippen LogP contribution < -0.4 is 5.32 Å². The van der Waals surface area contributed by atoms with E-state index in [1.807, 2.05) is 12.1 Å². The van der Waals surface area contributed by atoms with E-state index in [9.17, 15) is 0 Å². The van der Waals surface area contributed by atoms with Crippen LogP contribution in [0.25, 0.3) is 0 Å². The highest BCUT2D eigenvalue weighted by atomic mass is 35.5. The zero-order chi connectivity index (χ0) is 14.1. The van der Waals surface area contributed by atoms with Gasteiger partial charge in [0.05, 0.1) is 6.61 Å². The predicted molar refractivity (Wildman–Crippen MR) is 82.8 cm³/mol. The summed E-state index contributed by atoms with van der Waals surface area (Å²) in [6.45, 7) is 7.26. The van der Waals surface area contributed by atoms with Gasteiger partial charge in [-0.2, -0.15) is 0 Å². The third kappa shape index (κ3) is 5.94. The van der Waals surface area contributed by atoms with Gasteiger partial charge < -0.3 is 10.1 Å². The van der Waals surface area contributed by atoms with E-state index in [2.05, 4.69) is 31.3 Å². The molecule has 1 N–H and O–H groups in total. The molecule has 3 heteroatoms. The summed E-state index contributed by atoms with van der Waals surface area (Å²) in [6.07, 6.45) is 2.23. The van der Waals surface area contributed by atoms with Crippen LogP contribution in [0.1, 0.15) is 25.8 Å². The molecular weight excluding hydrogens is 258 g/mol. The van der Waals surface area contributed by atoms with Crippen LogP contribution >= 0.6 is 11.6 Å². The molecule has 1 aromatic rings. The van der Waals surface area contributed by atoms with Crippen molar-refractivity contribution in [2.24, 2.45) is 11.8 Å². The zero-order valence-electron chi connectivity index (χ0n) is 12.3. The lowest BCUT2D eigenvalue weighted by atomic mass is 9.86. The first-order valence-electron chi connectivity index (χ1n) is 7.12. The fraction of sp³-hybridized carbons (Fsp3) is 0.625. The van der Waals surface area contributed by atoms with Crippen LogP contribution in [-0.4, -0.2) is 26.8 Å². The molecule has 0 radical (unpaired) electrons. The van der Waals surface area contributed by atoms with Crippen molar-refractivity contribution in [1.29, 1.82) is 0 Å². The Morgan fingerprint density at radius 3 is 2.68 bits per heavy atom. The number of ether oxygens (including phenoxy) is 1. The van der Waals surface area contributed by atoms with Crippen molar-refractivity contribution in [3.8, 4) is 0 Å². The van der Waals surface area contributed by atoms with Gasteiger partial charge in [0.2, 0.25) is 0 Å². The first kappa shape index (κ1) is 16.5. The Bertz CT molecular complexity index is 356. The van der Waals surface area contributed by atoms with Gasteiger partial charge in [-0.05, 0) is 36.4 Å². The lowest BCUT2D eigenvalue weighted by Gasteiger charge is -2.24. The van der Waals surface area contributed by atoms with Crippen molar-refractivity contribution in [3.63, 3.8) is 0 Å². The standard InChI is InChI=1S/C16H26ClNO/c1-4-13(2)15(12-18-9-10-19-3)11-14-7-5-6-8-16(14)17/h5-8,13,15,18H,4,9-12H2,1-3H3. The second kappa shape index (κ2) is 9.35. The first-order chi connectivity index (χ1) is 9.19. The van der Waals surface area contributed by atoms with Gasteiger partial charge in [0.1, 0.15) is 0 Å². The van der Waals surface area contributed by atoms with Crippen molar-refractivity contribution in [2.75, 3.05) is 26.8 Å². The highest BCUT2D eigenvalue weighted by molar-refractivity contribution is 6.31. The maximum Gasteiger partial charge on any atom is 0.0587 e. The highest BCUT2D eigenvalue weighted by Gasteiger charge is 2.17. The van der Waals surface area contributed by atoms with Crippen LogP contribution in [0.15, 0.2) is 24.3 Å². The molecule has 0 aliphatic carbocycles. The van der Waals surface area contributed by atoms with Gasteiger partial charge in [0, 0.05) is 18.7 Å². The molecule has 0 saturated heterocycles. The molecule has 0 bridgehead atoms. The number of halogens is 1. The molecule has 0 heterocycles. The Morgan fingerprint density at radius 1 is 1.32 bits per heavy atom. The Labute approximate surface area is 122 Å². The zero-order valence-corrected chi connectivity index (χ0v) is 13.0. The maximum atomic E-state index is 6.26. The topological polar surface area (TPSA) is 21.3 Å². The van der Waals surface area contributed by atoms with Crippen molar-refractivity contribution >= 4 is 11.6 Å². The van der Waals surface area contributed by atoms with Crippen molar-refractivity contribution < 1.29 is 4.74 Å². The van der Waals surface area contributed by atoms with E-state index >= 15 is 0 Å². The quantitative estimate of drug-likeness (QED) is 0.697. The minimum atomic E-state index is 0.613. The molecule has 2 atom stereocenters. The number of nitrogens with one attached hydrogen (secondary N) is 1. The maximum absolute atomic E-state index is 6.26. The monoisotopic (exact) mass is 283 g/mol. The average molecular weight is 284 g/mol. The molecule has 0 aliphatic heterocycles. The van der Waals surface area contributed by atoms with Gasteiger partial charge >= 0.3 is 0 Å². The van der Waals surface area contributed by atoms with E-state index in [1.54, 1.807) is 7.11 Å². The molecule has 0 amide bonds. The average Bonchev–Trinajstić information content (AvgIpc) is 2.43. The van der Waals surface area contributed by atoms with Crippen molar-refractivity contribution in [2.45, 2.75) is 26.7 Å². The van der Waals surface area contributed by atoms with Gasteiger partial charge in [0.25, 0.3) is 0 Å². The van der Waals surface area contributed by atoms with Gasteiger partial charge in [0.15, 0.2) is 0 Å². The second-order valence-corrected chi connectivity index (χ2v) is 5.55. The molecule has 1 aromatic carbocycles. The Morgan fingerprint density at radius 2 is 2.05 bits per heavy atom. The molecule has 0 saturated carbocycles. The van der Waals surface area contributed by atoms with Crippen LogP contribution in [-0.2, 0) is 11.2 Å². The number of hydrogen-bond acceptors (Lipinski definition) is 2. The molecule has 2 unspecified atom stereocenters.